The maximum atomic E-state index is 11.3. The van der Waals surface area contributed by atoms with Crippen LogP contribution in [0.15, 0.2) is 0 Å². The third kappa shape index (κ3) is 5.53. The molecule has 0 rings (SSSR count). The zero-order chi connectivity index (χ0) is 16.7. The molecule has 1 unspecified atom stereocenters. The molecule has 0 aliphatic rings. The van der Waals surface area contributed by atoms with E-state index >= 15 is 0 Å². The summed E-state index contributed by atoms with van der Waals surface area (Å²) >= 11 is 0. The van der Waals surface area contributed by atoms with E-state index in [0.717, 1.165) is 21.0 Å². The molecule has 10 heteroatoms. The van der Waals surface area contributed by atoms with Crippen molar-refractivity contribution in [1.29, 1.82) is 0 Å². The summed E-state index contributed by atoms with van der Waals surface area (Å²) in [6.07, 6.45) is -8.66. The fourth-order valence-corrected chi connectivity index (χ4v) is 1.63. The van der Waals surface area contributed by atoms with E-state index in [4.69, 9.17) is 9.84 Å². The summed E-state index contributed by atoms with van der Waals surface area (Å²) in [7, 11) is 1.09. The first-order valence-electron chi connectivity index (χ1n) is 6.10. The first kappa shape index (κ1) is 19.7. The van der Waals surface area contributed by atoms with Crippen molar-refractivity contribution in [3.8, 4) is 0 Å². The average molecular weight is 310 g/mol. The highest BCUT2D eigenvalue weighted by molar-refractivity contribution is 5.79. The van der Waals surface area contributed by atoms with Crippen molar-refractivity contribution >= 4 is 11.8 Å². The van der Waals surface area contributed by atoms with E-state index in [0.29, 0.717) is 5.01 Å². The van der Waals surface area contributed by atoms with Gasteiger partial charge >= 0.3 is 0 Å². The second-order valence-electron chi connectivity index (χ2n) is 4.40. The van der Waals surface area contributed by atoms with Crippen molar-refractivity contribution < 1.29 is 39.9 Å². The van der Waals surface area contributed by atoms with Crippen LogP contribution < -0.4 is 5.43 Å². The summed E-state index contributed by atoms with van der Waals surface area (Å²) in [6.45, 7) is 1.33. The molecule has 10 nitrogen and oxygen atoms in total. The molecule has 0 aromatic carbocycles. The molecule has 0 saturated heterocycles. The zero-order valence-corrected chi connectivity index (χ0v) is 12.0. The Balaban J connectivity index is 5.10. The van der Waals surface area contributed by atoms with Gasteiger partial charge in [0.2, 0.25) is 11.8 Å². The van der Waals surface area contributed by atoms with Gasteiger partial charge in [-0.05, 0) is 0 Å². The number of rotatable bonds is 7. The number of nitrogens with zero attached hydrogens (tertiary/aromatic N) is 1. The first-order chi connectivity index (χ1) is 9.67. The van der Waals surface area contributed by atoms with Crippen molar-refractivity contribution in [3.63, 3.8) is 0 Å². The highest BCUT2D eigenvalue weighted by Gasteiger charge is 2.39. The molecule has 0 heterocycles. The molecule has 124 valence electrons. The molecule has 5 atom stereocenters. The van der Waals surface area contributed by atoms with Crippen molar-refractivity contribution in [3.05, 3.63) is 0 Å². The number of methoxy groups -OCH3 is 1. The fraction of sp³-hybridized carbons (Fsp3) is 0.818. The number of hydrogen-bond donors (Lipinski definition) is 6. The molecule has 0 saturated carbocycles. The number of nitrogens with one attached hydrogen (secondary N) is 1. The maximum absolute atomic E-state index is 11.3. The van der Waals surface area contributed by atoms with Crippen LogP contribution in [0.1, 0.15) is 13.8 Å². The molecule has 0 aliphatic heterocycles. The van der Waals surface area contributed by atoms with Gasteiger partial charge in [0.25, 0.3) is 0 Å². The number of amides is 2. The van der Waals surface area contributed by atoms with E-state index in [1.807, 2.05) is 5.43 Å². The smallest absolute Gasteiger partial charge is 0.240 e. The lowest BCUT2D eigenvalue weighted by atomic mass is 10.0. The lowest BCUT2D eigenvalue weighted by molar-refractivity contribution is -0.193. The molecule has 0 radical (unpaired) electrons. The minimum Gasteiger partial charge on any atom is -0.394 e. The number of hydrogen-bond acceptors (Lipinski definition) is 8. The summed E-state index contributed by atoms with van der Waals surface area (Å²) in [4.78, 5) is 22.3. The van der Waals surface area contributed by atoms with Crippen LogP contribution in [-0.2, 0) is 14.3 Å². The Bertz CT molecular complexity index is 353. The molecule has 0 aliphatic carbocycles. The topological polar surface area (TPSA) is 160 Å². The average Bonchev–Trinajstić information content (AvgIpc) is 2.42. The lowest BCUT2D eigenvalue weighted by Crippen LogP contribution is -2.60. The Kier molecular flexibility index (Phi) is 8.32. The maximum Gasteiger partial charge on any atom is 0.240 e. The quantitative estimate of drug-likeness (QED) is 0.207. The van der Waals surface area contributed by atoms with E-state index in [9.17, 15) is 30.0 Å². The van der Waals surface area contributed by atoms with Crippen LogP contribution in [0.5, 0.6) is 0 Å². The minimum atomic E-state index is -1.93. The summed E-state index contributed by atoms with van der Waals surface area (Å²) in [6, 6.07) is 0. The third-order valence-electron chi connectivity index (χ3n) is 2.71. The standard InChI is InChI=1S/C11H22N2O8/c1-5(15)12-13(6(2)16)11(20)9(19)10(21-3)8(18)7(17)4-14/h7-11,14,17-20H,4H2,1-3H3,(H,12,15)/t7-,8-,9-,10+,11?/m1/s1. The number of aliphatic hydroxyl groups excluding tert-OH is 5. The van der Waals surface area contributed by atoms with E-state index in [1.165, 1.54) is 0 Å². The van der Waals surface area contributed by atoms with Crippen LogP contribution in [0.25, 0.3) is 0 Å². The third-order valence-corrected chi connectivity index (χ3v) is 2.71. The van der Waals surface area contributed by atoms with Gasteiger partial charge in [0.05, 0.1) is 6.61 Å². The molecule has 21 heavy (non-hydrogen) atoms. The van der Waals surface area contributed by atoms with Crippen molar-refractivity contribution in [1.82, 2.24) is 10.4 Å². The van der Waals surface area contributed by atoms with E-state index in [2.05, 4.69) is 0 Å². The predicted octanol–water partition coefficient (Wildman–Crippen LogP) is -3.71. The van der Waals surface area contributed by atoms with Crippen LogP contribution in [0.3, 0.4) is 0 Å². The molecule has 0 aromatic heterocycles. The van der Waals surface area contributed by atoms with Crippen LogP contribution in [0, 0.1) is 0 Å². The molecule has 0 fully saturated rings. The fourth-order valence-electron chi connectivity index (χ4n) is 1.63. The normalized spacial score (nSPS) is 18.3. The van der Waals surface area contributed by atoms with Gasteiger partial charge in [-0.2, -0.15) is 0 Å². The Hall–Kier alpha value is -1.30. The Morgan fingerprint density at radius 2 is 1.67 bits per heavy atom. The molecule has 6 N–H and O–H groups in total. The van der Waals surface area contributed by atoms with Crippen LogP contribution in [0.2, 0.25) is 0 Å². The van der Waals surface area contributed by atoms with Gasteiger partial charge < -0.3 is 30.3 Å². The summed E-state index contributed by atoms with van der Waals surface area (Å²) in [5.74, 6) is -1.44. The van der Waals surface area contributed by atoms with Crippen LogP contribution in [0.4, 0.5) is 0 Å². The highest BCUT2D eigenvalue weighted by Crippen LogP contribution is 2.13. The van der Waals surface area contributed by atoms with E-state index < -0.39 is 49.1 Å². The van der Waals surface area contributed by atoms with Gasteiger partial charge in [0.15, 0.2) is 6.23 Å². The van der Waals surface area contributed by atoms with Gasteiger partial charge in [-0.1, -0.05) is 0 Å². The number of ether oxygens (including phenoxy) is 1. The second-order valence-corrected chi connectivity index (χ2v) is 4.40. The molecule has 0 spiro atoms. The summed E-state index contributed by atoms with van der Waals surface area (Å²) < 4.78 is 4.77. The SMILES string of the molecule is CO[C@@H]([C@H](O)[C@H](O)CO)[C@@H](O)C(O)N(NC(C)=O)C(C)=O. The van der Waals surface area contributed by atoms with Gasteiger partial charge in [0, 0.05) is 21.0 Å². The number of hydrazine groups is 1. The Labute approximate surface area is 121 Å². The molecular weight excluding hydrogens is 288 g/mol. The summed E-state index contributed by atoms with van der Waals surface area (Å²) in [5.41, 5.74) is 2.01. The zero-order valence-electron chi connectivity index (χ0n) is 12.0. The lowest BCUT2D eigenvalue weighted by Gasteiger charge is -2.35. The first-order valence-corrected chi connectivity index (χ1v) is 6.10. The number of carbonyl (C=O) groups excluding carboxylic acids is 2. The predicted molar refractivity (Wildman–Crippen MR) is 68.2 cm³/mol. The Morgan fingerprint density at radius 1 is 1.14 bits per heavy atom. The monoisotopic (exact) mass is 310 g/mol. The van der Waals surface area contributed by atoms with Crippen molar-refractivity contribution in [2.45, 2.75) is 44.5 Å². The highest BCUT2D eigenvalue weighted by atomic mass is 16.5. The second kappa shape index (κ2) is 8.87. The number of carbonyl (C=O) groups is 2. The molecular formula is C11H22N2O8. The van der Waals surface area contributed by atoms with Crippen molar-refractivity contribution in [2.24, 2.45) is 0 Å². The molecule has 0 aromatic rings. The summed E-state index contributed by atoms with van der Waals surface area (Å²) in [5, 5.41) is 48.1. The van der Waals surface area contributed by atoms with Gasteiger partial charge in [0.1, 0.15) is 24.4 Å². The molecule has 0 bridgehead atoms. The molecule has 2 amide bonds. The number of aliphatic hydroxyl groups is 5. The van der Waals surface area contributed by atoms with Gasteiger partial charge in [-0.25, -0.2) is 5.01 Å². The van der Waals surface area contributed by atoms with Gasteiger partial charge in [-0.15, -0.1) is 0 Å². The van der Waals surface area contributed by atoms with Crippen LogP contribution in [-0.4, -0.2) is 86.7 Å². The largest absolute Gasteiger partial charge is 0.394 e. The van der Waals surface area contributed by atoms with Gasteiger partial charge in [-0.3, -0.25) is 15.0 Å². The van der Waals surface area contributed by atoms with E-state index in [1.54, 1.807) is 0 Å². The van der Waals surface area contributed by atoms with E-state index in [-0.39, 0.29) is 0 Å². The minimum absolute atomic E-state index is 0.455. The van der Waals surface area contributed by atoms with Crippen LogP contribution >= 0.6 is 0 Å². The Morgan fingerprint density at radius 3 is 2.00 bits per heavy atom. The van der Waals surface area contributed by atoms with Crippen molar-refractivity contribution in [2.75, 3.05) is 13.7 Å².